The van der Waals surface area contributed by atoms with E-state index in [0.717, 1.165) is 49.5 Å². The third-order valence-corrected chi connectivity index (χ3v) is 5.15. The van der Waals surface area contributed by atoms with Gasteiger partial charge in [-0.05, 0) is 49.0 Å². The number of carbonyl (C=O) groups is 1. The third-order valence-electron chi connectivity index (χ3n) is 4.94. The number of hydrogen-bond acceptors (Lipinski definition) is 4. The Balaban J connectivity index is 1.48. The Morgan fingerprint density at radius 3 is 2.41 bits per heavy atom. The summed E-state index contributed by atoms with van der Waals surface area (Å²) in [5, 5.41) is 6.03. The topological polar surface area (TPSA) is 47.6 Å². The van der Waals surface area contributed by atoms with Crippen molar-refractivity contribution >= 4 is 34.6 Å². The quantitative estimate of drug-likeness (QED) is 0.705. The number of rotatable bonds is 6. The SMILES string of the molecule is CCCC(=O)NC(=S)Nc1ccc(N2CCN(Cc3ccccc3F)CC2)cc1. The molecule has 1 amide bonds. The molecule has 0 saturated carbocycles. The number of carbonyl (C=O) groups excluding carboxylic acids is 1. The minimum atomic E-state index is -0.137. The van der Waals surface area contributed by atoms with Gasteiger partial charge in [0, 0.05) is 56.1 Å². The number of halogens is 1. The van der Waals surface area contributed by atoms with Crippen LogP contribution >= 0.6 is 12.2 Å². The number of hydrogen-bond donors (Lipinski definition) is 2. The molecule has 154 valence electrons. The average Bonchev–Trinajstić information content (AvgIpc) is 2.71. The Hall–Kier alpha value is -2.51. The molecular formula is C22H27FN4OS. The van der Waals surface area contributed by atoms with Gasteiger partial charge in [0.15, 0.2) is 5.11 Å². The van der Waals surface area contributed by atoms with Crippen LogP contribution in [0.1, 0.15) is 25.3 Å². The van der Waals surface area contributed by atoms with E-state index in [1.165, 1.54) is 6.07 Å². The van der Waals surface area contributed by atoms with Crippen LogP contribution < -0.4 is 15.5 Å². The molecule has 2 aromatic rings. The maximum atomic E-state index is 13.8. The highest BCUT2D eigenvalue weighted by molar-refractivity contribution is 7.80. The molecule has 0 bridgehead atoms. The van der Waals surface area contributed by atoms with E-state index in [4.69, 9.17) is 12.2 Å². The number of piperazine rings is 1. The number of anilines is 2. The Morgan fingerprint density at radius 2 is 1.76 bits per heavy atom. The molecule has 0 atom stereocenters. The van der Waals surface area contributed by atoms with Crippen molar-refractivity contribution in [2.75, 3.05) is 36.4 Å². The van der Waals surface area contributed by atoms with E-state index in [2.05, 4.69) is 20.4 Å². The first-order chi connectivity index (χ1) is 14.0. The Morgan fingerprint density at radius 1 is 1.07 bits per heavy atom. The third kappa shape index (κ3) is 6.24. The van der Waals surface area contributed by atoms with Gasteiger partial charge in [-0.1, -0.05) is 25.1 Å². The summed E-state index contributed by atoms with van der Waals surface area (Å²) >= 11 is 5.17. The van der Waals surface area contributed by atoms with Crippen LogP contribution in [0.4, 0.5) is 15.8 Å². The molecule has 1 saturated heterocycles. The van der Waals surface area contributed by atoms with E-state index < -0.39 is 0 Å². The molecular weight excluding hydrogens is 387 g/mol. The molecule has 0 aliphatic carbocycles. The minimum Gasteiger partial charge on any atom is -0.369 e. The van der Waals surface area contributed by atoms with Gasteiger partial charge in [0.25, 0.3) is 0 Å². The van der Waals surface area contributed by atoms with E-state index in [1.54, 1.807) is 6.07 Å². The van der Waals surface area contributed by atoms with Crippen molar-refractivity contribution in [3.8, 4) is 0 Å². The normalized spacial score (nSPS) is 14.5. The predicted molar refractivity (Wildman–Crippen MR) is 120 cm³/mol. The molecule has 1 aliphatic heterocycles. The Labute approximate surface area is 176 Å². The number of thiocarbonyl (C=S) groups is 1. The van der Waals surface area contributed by atoms with Gasteiger partial charge in [0.1, 0.15) is 5.82 Å². The van der Waals surface area contributed by atoms with E-state index in [0.29, 0.717) is 18.1 Å². The second-order valence-electron chi connectivity index (χ2n) is 7.15. The van der Waals surface area contributed by atoms with Crippen molar-refractivity contribution in [2.45, 2.75) is 26.3 Å². The average molecular weight is 415 g/mol. The first-order valence-corrected chi connectivity index (χ1v) is 10.4. The maximum Gasteiger partial charge on any atom is 0.226 e. The van der Waals surface area contributed by atoms with Crippen molar-refractivity contribution in [2.24, 2.45) is 0 Å². The summed E-state index contributed by atoms with van der Waals surface area (Å²) in [6.45, 7) is 6.17. The zero-order valence-corrected chi connectivity index (χ0v) is 17.5. The molecule has 0 spiro atoms. The largest absolute Gasteiger partial charge is 0.369 e. The molecule has 0 radical (unpaired) electrons. The van der Waals surface area contributed by atoms with Crippen LogP contribution in [0.2, 0.25) is 0 Å². The fourth-order valence-electron chi connectivity index (χ4n) is 3.37. The second kappa shape index (κ2) is 10.3. The van der Waals surface area contributed by atoms with Gasteiger partial charge in [-0.25, -0.2) is 4.39 Å². The van der Waals surface area contributed by atoms with Crippen LogP contribution in [0, 0.1) is 5.82 Å². The van der Waals surface area contributed by atoms with E-state index in [9.17, 15) is 9.18 Å². The van der Waals surface area contributed by atoms with Gasteiger partial charge in [-0.3, -0.25) is 9.69 Å². The van der Waals surface area contributed by atoms with Crippen LogP contribution in [0.15, 0.2) is 48.5 Å². The summed E-state index contributed by atoms with van der Waals surface area (Å²) in [7, 11) is 0. The standard InChI is InChI=1S/C22H27FN4OS/c1-2-5-21(28)25-22(29)24-18-8-10-19(11-9-18)27-14-12-26(13-15-27)16-17-6-3-4-7-20(17)23/h3-4,6-11H,2,5,12-16H2,1H3,(H2,24,25,28,29). The highest BCUT2D eigenvalue weighted by Crippen LogP contribution is 2.20. The van der Waals surface area contributed by atoms with Gasteiger partial charge in [-0.15, -0.1) is 0 Å². The van der Waals surface area contributed by atoms with Crippen LogP contribution in [0.3, 0.4) is 0 Å². The van der Waals surface area contributed by atoms with Crippen LogP contribution in [-0.4, -0.2) is 42.1 Å². The van der Waals surface area contributed by atoms with Crippen molar-refractivity contribution in [1.29, 1.82) is 0 Å². The second-order valence-corrected chi connectivity index (χ2v) is 7.56. The van der Waals surface area contributed by atoms with E-state index in [-0.39, 0.29) is 11.7 Å². The van der Waals surface area contributed by atoms with Crippen molar-refractivity contribution in [3.63, 3.8) is 0 Å². The molecule has 1 fully saturated rings. The van der Waals surface area contributed by atoms with Crippen molar-refractivity contribution in [3.05, 3.63) is 59.9 Å². The monoisotopic (exact) mass is 414 g/mol. The fraction of sp³-hybridized carbons (Fsp3) is 0.364. The molecule has 29 heavy (non-hydrogen) atoms. The minimum absolute atomic E-state index is 0.0742. The molecule has 3 rings (SSSR count). The lowest BCUT2D eigenvalue weighted by atomic mass is 10.1. The Bertz CT molecular complexity index is 835. The van der Waals surface area contributed by atoms with Crippen molar-refractivity contribution < 1.29 is 9.18 Å². The summed E-state index contributed by atoms with van der Waals surface area (Å²) < 4.78 is 13.8. The summed E-state index contributed by atoms with van der Waals surface area (Å²) in [6, 6.07) is 15.0. The summed E-state index contributed by atoms with van der Waals surface area (Å²) in [4.78, 5) is 16.2. The van der Waals surface area contributed by atoms with Gasteiger partial charge < -0.3 is 15.5 Å². The molecule has 5 nitrogen and oxygen atoms in total. The van der Waals surface area contributed by atoms with Gasteiger partial charge in [0.2, 0.25) is 5.91 Å². The molecule has 1 aliphatic rings. The smallest absolute Gasteiger partial charge is 0.226 e. The lowest BCUT2D eigenvalue weighted by Gasteiger charge is -2.36. The zero-order chi connectivity index (χ0) is 20.6. The summed E-state index contributed by atoms with van der Waals surface area (Å²) in [6.07, 6.45) is 1.25. The first kappa shape index (κ1) is 21.2. The maximum absolute atomic E-state index is 13.8. The van der Waals surface area contributed by atoms with E-state index in [1.807, 2.05) is 43.3 Å². The number of nitrogens with one attached hydrogen (secondary N) is 2. The highest BCUT2D eigenvalue weighted by atomic mass is 32.1. The first-order valence-electron chi connectivity index (χ1n) is 9.96. The van der Waals surface area contributed by atoms with Crippen LogP contribution in [-0.2, 0) is 11.3 Å². The molecule has 0 aromatic heterocycles. The molecule has 1 heterocycles. The molecule has 0 unspecified atom stereocenters. The molecule has 2 N–H and O–H groups in total. The van der Waals surface area contributed by atoms with Gasteiger partial charge >= 0.3 is 0 Å². The van der Waals surface area contributed by atoms with Crippen LogP contribution in [0.5, 0.6) is 0 Å². The van der Waals surface area contributed by atoms with E-state index >= 15 is 0 Å². The van der Waals surface area contributed by atoms with Crippen molar-refractivity contribution in [1.82, 2.24) is 10.2 Å². The predicted octanol–water partition coefficient (Wildman–Crippen LogP) is 3.76. The van der Waals surface area contributed by atoms with Crippen LogP contribution in [0.25, 0.3) is 0 Å². The zero-order valence-electron chi connectivity index (χ0n) is 16.7. The molecule has 2 aromatic carbocycles. The summed E-state index contributed by atoms with van der Waals surface area (Å²) in [5.41, 5.74) is 2.73. The number of nitrogens with zero attached hydrogens (tertiary/aromatic N) is 2. The lowest BCUT2D eigenvalue weighted by Crippen LogP contribution is -2.46. The van der Waals surface area contributed by atoms with Gasteiger partial charge in [0.05, 0.1) is 0 Å². The number of benzene rings is 2. The summed E-state index contributed by atoms with van der Waals surface area (Å²) in [5.74, 6) is -0.211. The Kier molecular flexibility index (Phi) is 7.55. The fourth-order valence-corrected chi connectivity index (χ4v) is 3.60. The highest BCUT2D eigenvalue weighted by Gasteiger charge is 2.18. The van der Waals surface area contributed by atoms with Gasteiger partial charge in [-0.2, -0.15) is 0 Å². The lowest BCUT2D eigenvalue weighted by molar-refractivity contribution is -0.119. The number of amides is 1. The molecule has 7 heteroatoms.